The van der Waals surface area contributed by atoms with E-state index in [1.54, 1.807) is 0 Å². The van der Waals surface area contributed by atoms with E-state index in [-0.39, 0.29) is 31.0 Å². The predicted molar refractivity (Wildman–Crippen MR) is 94.2 cm³/mol. The number of esters is 1. The quantitative estimate of drug-likeness (QED) is 0.370. The molecule has 2 unspecified atom stereocenters. The SMILES string of the molecule is NC(CC(=O)N1CCn2c(nnc2C(F)(F)F)C1)C(OC(=O)C(F)(F)F)c1cc(F)c(F)cc1F. The highest BCUT2D eigenvalue weighted by atomic mass is 19.4. The third kappa shape index (κ3) is 5.66. The molecule has 0 saturated heterocycles. The van der Waals surface area contributed by atoms with Gasteiger partial charge in [-0.05, 0) is 6.07 Å². The van der Waals surface area contributed by atoms with Crippen LogP contribution < -0.4 is 5.73 Å². The van der Waals surface area contributed by atoms with Gasteiger partial charge < -0.3 is 19.9 Å². The molecule has 0 aliphatic carbocycles. The molecule has 17 heteroatoms. The van der Waals surface area contributed by atoms with Crippen LogP contribution in [0.3, 0.4) is 0 Å². The van der Waals surface area contributed by atoms with Gasteiger partial charge in [0.05, 0.1) is 12.6 Å². The number of carbonyl (C=O) groups is 2. The monoisotopic (exact) mass is 519 g/mol. The van der Waals surface area contributed by atoms with E-state index in [2.05, 4.69) is 14.9 Å². The number of hydrogen-bond acceptors (Lipinski definition) is 6. The number of fused-ring (bicyclic) bond motifs is 1. The fourth-order valence-corrected chi connectivity index (χ4v) is 3.34. The van der Waals surface area contributed by atoms with Crippen LogP contribution in [0.15, 0.2) is 12.1 Å². The first-order chi connectivity index (χ1) is 16.1. The van der Waals surface area contributed by atoms with E-state index >= 15 is 0 Å². The van der Waals surface area contributed by atoms with Crippen LogP contribution in [0.4, 0.5) is 39.5 Å². The molecule has 2 heterocycles. The van der Waals surface area contributed by atoms with E-state index in [1.165, 1.54) is 0 Å². The second kappa shape index (κ2) is 9.35. The van der Waals surface area contributed by atoms with Crippen LogP contribution in [0.2, 0.25) is 0 Å². The molecule has 1 amide bonds. The van der Waals surface area contributed by atoms with Crippen LogP contribution in [-0.2, 0) is 33.6 Å². The Morgan fingerprint density at radius 3 is 2.23 bits per heavy atom. The van der Waals surface area contributed by atoms with Crippen molar-refractivity contribution in [1.29, 1.82) is 0 Å². The predicted octanol–water partition coefficient (Wildman–Crippen LogP) is 2.62. The minimum Gasteiger partial charge on any atom is -0.449 e. The van der Waals surface area contributed by atoms with E-state index in [0.717, 1.165) is 9.47 Å². The fraction of sp³-hybridized carbons (Fsp3) is 0.444. The molecule has 0 saturated carbocycles. The number of carbonyl (C=O) groups excluding carboxylic acids is 2. The molecular formula is C18H14F9N5O3. The van der Waals surface area contributed by atoms with Crippen LogP contribution in [0.1, 0.15) is 29.7 Å². The first-order valence-electron chi connectivity index (χ1n) is 9.54. The van der Waals surface area contributed by atoms with E-state index in [4.69, 9.17) is 5.73 Å². The normalized spacial score (nSPS) is 16.0. The Balaban J connectivity index is 1.81. The summed E-state index contributed by atoms with van der Waals surface area (Å²) >= 11 is 0. The lowest BCUT2D eigenvalue weighted by Crippen LogP contribution is -2.44. The Bertz CT molecular complexity index is 1130. The van der Waals surface area contributed by atoms with Crippen molar-refractivity contribution in [3.63, 3.8) is 0 Å². The Morgan fingerprint density at radius 2 is 1.63 bits per heavy atom. The molecule has 0 spiro atoms. The third-order valence-electron chi connectivity index (χ3n) is 4.97. The topological polar surface area (TPSA) is 103 Å². The van der Waals surface area contributed by atoms with Gasteiger partial charge in [0.15, 0.2) is 17.5 Å². The molecule has 0 fully saturated rings. The van der Waals surface area contributed by atoms with Crippen LogP contribution in [0, 0.1) is 17.5 Å². The van der Waals surface area contributed by atoms with Crippen molar-refractivity contribution < 1.29 is 53.8 Å². The minimum atomic E-state index is -5.57. The van der Waals surface area contributed by atoms with Crippen molar-refractivity contribution in [3.8, 4) is 0 Å². The zero-order valence-corrected chi connectivity index (χ0v) is 17.1. The second-order valence-corrected chi connectivity index (χ2v) is 7.38. The van der Waals surface area contributed by atoms with Crippen molar-refractivity contribution in [2.45, 2.75) is 44.0 Å². The number of alkyl halides is 6. The Hall–Kier alpha value is -3.37. The highest BCUT2D eigenvalue weighted by Gasteiger charge is 2.44. The lowest BCUT2D eigenvalue weighted by molar-refractivity contribution is -0.206. The molecule has 8 nitrogen and oxygen atoms in total. The van der Waals surface area contributed by atoms with Gasteiger partial charge in [0.1, 0.15) is 11.9 Å². The van der Waals surface area contributed by atoms with Gasteiger partial charge in [-0.3, -0.25) is 4.79 Å². The van der Waals surface area contributed by atoms with Gasteiger partial charge in [0.2, 0.25) is 11.7 Å². The number of amides is 1. The lowest BCUT2D eigenvalue weighted by atomic mass is 9.98. The fourth-order valence-electron chi connectivity index (χ4n) is 3.34. The van der Waals surface area contributed by atoms with Crippen molar-refractivity contribution in [3.05, 3.63) is 46.8 Å². The average molecular weight is 519 g/mol. The molecule has 2 aromatic rings. The Kier molecular flexibility index (Phi) is 7.01. The van der Waals surface area contributed by atoms with Crippen molar-refractivity contribution >= 4 is 11.9 Å². The highest BCUT2D eigenvalue weighted by molar-refractivity contribution is 5.78. The van der Waals surface area contributed by atoms with E-state index < -0.39 is 78.2 Å². The first kappa shape index (κ1) is 26.2. The second-order valence-electron chi connectivity index (χ2n) is 7.38. The van der Waals surface area contributed by atoms with Gasteiger partial charge in [-0.2, -0.15) is 26.3 Å². The van der Waals surface area contributed by atoms with Gasteiger partial charge in [0, 0.05) is 31.1 Å². The Labute approximate surface area is 189 Å². The number of benzene rings is 1. The van der Waals surface area contributed by atoms with Crippen LogP contribution in [0.25, 0.3) is 0 Å². The average Bonchev–Trinajstić information content (AvgIpc) is 3.17. The van der Waals surface area contributed by atoms with Crippen LogP contribution in [-0.4, -0.2) is 50.3 Å². The smallest absolute Gasteiger partial charge is 0.449 e. The number of rotatable bonds is 5. The molecule has 1 aromatic heterocycles. The Morgan fingerprint density at radius 1 is 1.00 bits per heavy atom. The summed E-state index contributed by atoms with van der Waals surface area (Å²) in [5.41, 5.74) is 4.64. The van der Waals surface area contributed by atoms with Crippen LogP contribution in [0.5, 0.6) is 0 Å². The minimum absolute atomic E-state index is 0.0106. The summed E-state index contributed by atoms with van der Waals surface area (Å²) in [6.45, 7) is -1.14. The molecule has 1 aliphatic heterocycles. The summed E-state index contributed by atoms with van der Waals surface area (Å²) in [7, 11) is 0. The molecule has 192 valence electrons. The van der Waals surface area contributed by atoms with Crippen molar-refractivity contribution in [2.75, 3.05) is 6.54 Å². The van der Waals surface area contributed by atoms with Gasteiger partial charge in [-0.25, -0.2) is 18.0 Å². The molecule has 2 N–H and O–H groups in total. The number of nitrogens with two attached hydrogens (primary N) is 1. The van der Waals surface area contributed by atoms with Gasteiger partial charge in [0.25, 0.3) is 0 Å². The largest absolute Gasteiger partial charge is 0.490 e. The number of hydrogen-bond donors (Lipinski definition) is 1. The summed E-state index contributed by atoms with van der Waals surface area (Å²) in [6, 6.07) is -1.77. The number of nitrogens with zero attached hydrogens (tertiary/aromatic N) is 4. The molecule has 1 aliphatic rings. The van der Waals surface area contributed by atoms with E-state index in [9.17, 15) is 49.1 Å². The lowest BCUT2D eigenvalue weighted by Gasteiger charge is -2.30. The molecule has 35 heavy (non-hydrogen) atoms. The number of aromatic nitrogens is 3. The maximum absolute atomic E-state index is 14.2. The summed E-state index contributed by atoms with van der Waals surface area (Å²) < 4.78 is 123. The van der Waals surface area contributed by atoms with E-state index in [1.807, 2.05) is 0 Å². The maximum Gasteiger partial charge on any atom is 0.490 e. The molecule has 1 aromatic carbocycles. The van der Waals surface area contributed by atoms with Crippen LogP contribution >= 0.6 is 0 Å². The number of ether oxygens (including phenoxy) is 1. The first-order valence-corrected chi connectivity index (χ1v) is 9.54. The van der Waals surface area contributed by atoms with Gasteiger partial charge in [-0.1, -0.05) is 0 Å². The van der Waals surface area contributed by atoms with Crippen molar-refractivity contribution in [1.82, 2.24) is 19.7 Å². The molecular weight excluding hydrogens is 505 g/mol. The molecule has 3 rings (SSSR count). The molecule has 0 radical (unpaired) electrons. The van der Waals surface area contributed by atoms with Gasteiger partial charge in [-0.15, -0.1) is 10.2 Å². The van der Waals surface area contributed by atoms with Gasteiger partial charge >= 0.3 is 18.3 Å². The highest BCUT2D eigenvalue weighted by Crippen LogP contribution is 2.32. The number of halogens is 9. The summed E-state index contributed by atoms with van der Waals surface area (Å²) in [5, 5.41) is 6.39. The third-order valence-corrected chi connectivity index (χ3v) is 4.97. The zero-order chi connectivity index (χ0) is 26.3. The summed E-state index contributed by atoms with van der Waals surface area (Å²) in [6.07, 6.45) is -13.6. The molecule has 0 bridgehead atoms. The summed E-state index contributed by atoms with van der Waals surface area (Å²) in [5.74, 6) is -10.3. The maximum atomic E-state index is 14.2. The zero-order valence-electron chi connectivity index (χ0n) is 17.1. The molecule has 2 atom stereocenters. The van der Waals surface area contributed by atoms with Crippen molar-refractivity contribution in [2.24, 2.45) is 5.73 Å². The standard InChI is InChI=1S/C18H14F9N5O3/c19-8-4-10(21)9(20)3-7(8)14(35-16(34)18(25,26)27)11(28)5-13(33)31-1-2-32-12(6-31)29-30-15(32)17(22,23)24/h3-4,11,14H,1-2,5-6,28H2. The summed E-state index contributed by atoms with van der Waals surface area (Å²) in [4.78, 5) is 24.9. The van der Waals surface area contributed by atoms with E-state index in [0.29, 0.717) is 0 Å².